The lowest BCUT2D eigenvalue weighted by molar-refractivity contribution is 0.0393. The van der Waals surface area contributed by atoms with E-state index in [9.17, 15) is 13.2 Å². The first-order valence-electron chi connectivity index (χ1n) is 4.57. The topological polar surface area (TPSA) is 69.7 Å². The van der Waals surface area contributed by atoms with Gasteiger partial charge in [-0.25, -0.2) is 13.2 Å². The fraction of sp³-hybridized carbons (Fsp3) is 0.444. The van der Waals surface area contributed by atoms with E-state index >= 15 is 0 Å². The molecule has 0 aliphatic rings. The lowest BCUT2D eigenvalue weighted by Crippen LogP contribution is -2.08. The summed E-state index contributed by atoms with van der Waals surface area (Å²) in [5, 5.41) is 0. The number of hydrogen-bond acceptors (Lipinski definition) is 6. The smallest absolute Gasteiger partial charge is 0.348 e. The highest BCUT2D eigenvalue weighted by Gasteiger charge is 2.20. The second-order valence-electron chi connectivity index (χ2n) is 3.10. The molecule has 0 bridgehead atoms. The maximum absolute atomic E-state index is 11.5. The number of aryl methyl sites for hydroxylation is 1. The minimum Gasteiger partial charge on any atom is -0.459 e. The van der Waals surface area contributed by atoms with Crippen LogP contribution in [-0.4, -0.2) is 34.7 Å². The third kappa shape index (κ3) is 3.95. The summed E-state index contributed by atoms with van der Waals surface area (Å²) in [6.07, 6.45) is 0. The Hall–Kier alpha value is -0.630. The highest BCUT2D eigenvalue weighted by atomic mass is 35.7. The molecular formula is C9H11ClO5S2. The summed E-state index contributed by atoms with van der Waals surface area (Å²) in [7, 11) is 2.88. The molecule has 0 aliphatic carbocycles. The fourth-order valence-corrected chi connectivity index (χ4v) is 3.65. The molecule has 1 rings (SSSR count). The summed E-state index contributed by atoms with van der Waals surface area (Å²) in [6, 6.07) is 1.22. The lowest BCUT2D eigenvalue weighted by Gasteiger charge is -2.00. The van der Waals surface area contributed by atoms with Crippen molar-refractivity contribution in [3.8, 4) is 0 Å². The zero-order chi connectivity index (χ0) is 13.1. The summed E-state index contributed by atoms with van der Waals surface area (Å²) in [6.45, 7) is 1.98. The molecule has 0 atom stereocenters. The first kappa shape index (κ1) is 14.4. The van der Waals surface area contributed by atoms with Gasteiger partial charge in [-0.05, 0) is 13.0 Å². The Morgan fingerprint density at radius 3 is 2.59 bits per heavy atom. The summed E-state index contributed by atoms with van der Waals surface area (Å²) >= 11 is 1.03. The number of halogens is 1. The number of carbonyl (C=O) groups is 1. The van der Waals surface area contributed by atoms with Gasteiger partial charge in [0, 0.05) is 22.7 Å². The molecule has 0 N–H and O–H groups in total. The van der Waals surface area contributed by atoms with Crippen molar-refractivity contribution in [2.75, 3.05) is 20.3 Å². The fourth-order valence-electron chi connectivity index (χ4n) is 1.10. The van der Waals surface area contributed by atoms with Crippen molar-refractivity contribution in [3.63, 3.8) is 0 Å². The molecule has 0 saturated heterocycles. The van der Waals surface area contributed by atoms with Crippen LogP contribution >= 0.6 is 22.0 Å². The molecule has 17 heavy (non-hydrogen) atoms. The molecule has 0 fully saturated rings. The van der Waals surface area contributed by atoms with Crippen LogP contribution in [0.1, 0.15) is 14.5 Å². The second-order valence-corrected chi connectivity index (χ2v) is 6.89. The van der Waals surface area contributed by atoms with Crippen LogP contribution in [0.4, 0.5) is 0 Å². The third-order valence-corrected chi connectivity index (χ3v) is 4.46. The highest BCUT2D eigenvalue weighted by Crippen LogP contribution is 2.28. The molecule has 5 nitrogen and oxygen atoms in total. The molecule has 0 radical (unpaired) electrons. The van der Waals surface area contributed by atoms with Crippen LogP contribution in [0.15, 0.2) is 11.0 Å². The maximum atomic E-state index is 11.5. The van der Waals surface area contributed by atoms with Crippen molar-refractivity contribution in [3.05, 3.63) is 15.8 Å². The number of carbonyl (C=O) groups excluding carboxylic acids is 1. The van der Waals surface area contributed by atoms with Gasteiger partial charge in [-0.1, -0.05) is 0 Å². The Kier molecular flexibility index (Phi) is 4.93. The van der Waals surface area contributed by atoms with E-state index in [0.29, 0.717) is 4.88 Å². The van der Waals surface area contributed by atoms with Gasteiger partial charge in [-0.2, -0.15) is 0 Å². The Labute approximate surface area is 108 Å². The van der Waals surface area contributed by atoms with Gasteiger partial charge in [0.2, 0.25) is 0 Å². The minimum atomic E-state index is -3.82. The Balaban J connectivity index is 2.83. The van der Waals surface area contributed by atoms with Crippen LogP contribution < -0.4 is 0 Å². The van der Waals surface area contributed by atoms with Gasteiger partial charge >= 0.3 is 5.97 Å². The number of esters is 1. The molecular weight excluding hydrogens is 288 g/mol. The molecule has 0 unspecified atom stereocenters. The molecule has 96 valence electrons. The standard InChI is InChI=1S/C9H11ClO5S2/c1-6-8(17(10,12)13)5-7(16-6)9(11)15-4-3-14-2/h5H,3-4H2,1-2H3. The van der Waals surface area contributed by atoms with Crippen molar-refractivity contribution < 1.29 is 22.7 Å². The number of ether oxygens (including phenoxy) is 2. The van der Waals surface area contributed by atoms with E-state index in [0.717, 1.165) is 11.3 Å². The average Bonchev–Trinajstić information content (AvgIpc) is 2.60. The van der Waals surface area contributed by atoms with E-state index in [-0.39, 0.29) is 23.0 Å². The maximum Gasteiger partial charge on any atom is 0.348 e. The van der Waals surface area contributed by atoms with E-state index in [1.165, 1.54) is 13.2 Å². The Bertz CT molecular complexity index is 505. The first-order valence-corrected chi connectivity index (χ1v) is 7.70. The van der Waals surface area contributed by atoms with Crippen LogP contribution in [0.3, 0.4) is 0 Å². The molecule has 0 spiro atoms. The van der Waals surface area contributed by atoms with Gasteiger partial charge in [-0.15, -0.1) is 11.3 Å². The highest BCUT2D eigenvalue weighted by molar-refractivity contribution is 8.13. The predicted molar refractivity (Wildman–Crippen MR) is 64.3 cm³/mol. The van der Waals surface area contributed by atoms with Crippen LogP contribution in [0, 0.1) is 6.92 Å². The third-order valence-electron chi connectivity index (χ3n) is 1.86. The van der Waals surface area contributed by atoms with Crippen LogP contribution in [0.5, 0.6) is 0 Å². The van der Waals surface area contributed by atoms with Gasteiger partial charge in [0.1, 0.15) is 11.5 Å². The van der Waals surface area contributed by atoms with Crippen molar-refractivity contribution in [1.29, 1.82) is 0 Å². The van der Waals surface area contributed by atoms with E-state index in [1.807, 2.05) is 0 Å². The summed E-state index contributed by atoms with van der Waals surface area (Å²) in [4.78, 5) is 12.1. The Morgan fingerprint density at radius 2 is 2.12 bits per heavy atom. The summed E-state index contributed by atoms with van der Waals surface area (Å²) < 4.78 is 31.9. The molecule has 0 amide bonds. The van der Waals surface area contributed by atoms with Crippen LogP contribution in [0.25, 0.3) is 0 Å². The van der Waals surface area contributed by atoms with Gasteiger partial charge in [0.15, 0.2) is 0 Å². The van der Waals surface area contributed by atoms with Gasteiger partial charge in [0.25, 0.3) is 9.05 Å². The van der Waals surface area contributed by atoms with Crippen molar-refractivity contribution in [2.45, 2.75) is 11.8 Å². The first-order chi connectivity index (χ1) is 7.86. The molecule has 1 aromatic rings. The number of rotatable bonds is 5. The molecule has 0 aromatic carbocycles. The van der Waals surface area contributed by atoms with Crippen molar-refractivity contribution in [1.82, 2.24) is 0 Å². The van der Waals surface area contributed by atoms with Gasteiger partial charge in [0.05, 0.1) is 11.5 Å². The van der Waals surface area contributed by atoms with Crippen molar-refractivity contribution in [2.24, 2.45) is 0 Å². The van der Waals surface area contributed by atoms with Gasteiger partial charge in [-0.3, -0.25) is 0 Å². The number of thiophene rings is 1. The van der Waals surface area contributed by atoms with E-state index in [2.05, 4.69) is 0 Å². The second kappa shape index (κ2) is 5.81. The quantitative estimate of drug-likeness (QED) is 0.471. The Morgan fingerprint density at radius 1 is 1.47 bits per heavy atom. The molecule has 8 heteroatoms. The number of methoxy groups -OCH3 is 1. The van der Waals surface area contributed by atoms with Crippen molar-refractivity contribution >= 4 is 37.0 Å². The lowest BCUT2D eigenvalue weighted by atomic mass is 10.4. The monoisotopic (exact) mass is 298 g/mol. The zero-order valence-electron chi connectivity index (χ0n) is 9.23. The van der Waals surface area contributed by atoms with E-state index < -0.39 is 15.0 Å². The van der Waals surface area contributed by atoms with E-state index in [4.69, 9.17) is 20.2 Å². The van der Waals surface area contributed by atoms with Crippen LogP contribution in [0.2, 0.25) is 0 Å². The largest absolute Gasteiger partial charge is 0.459 e. The molecule has 0 aliphatic heterocycles. The molecule has 1 aromatic heterocycles. The molecule has 0 saturated carbocycles. The summed E-state index contributed by atoms with van der Waals surface area (Å²) in [5.41, 5.74) is 0. The minimum absolute atomic E-state index is 0.0529. The zero-order valence-corrected chi connectivity index (χ0v) is 11.6. The van der Waals surface area contributed by atoms with Gasteiger partial charge < -0.3 is 9.47 Å². The van der Waals surface area contributed by atoms with E-state index in [1.54, 1.807) is 6.92 Å². The SMILES string of the molecule is COCCOC(=O)c1cc(S(=O)(=O)Cl)c(C)s1. The normalized spacial score (nSPS) is 11.5. The predicted octanol–water partition coefficient (Wildman–Crippen LogP) is 1.79. The summed E-state index contributed by atoms with van der Waals surface area (Å²) in [5.74, 6) is -0.582. The van der Waals surface area contributed by atoms with Crippen LogP contribution in [-0.2, 0) is 18.5 Å². The average molecular weight is 299 g/mol. The molecule has 1 heterocycles. The number of hydrogen-bond donors (Lipinski definition) is 0.